The van der Waals surface area contributed by atoms with Crippen LogP contribution < -0.4 is 10.6 Å². The normalized spacial score (nSPS) is 8.71. The quantitative estimate of drug-likeness (QED) is 0.219. The third-order valence-corrected chi connectivity index (χ3v) is 1.10. The summed E-state index contributed by atoms with van der Waals surface area (Å²) in [4.78, 5) is 10.8. The maximum atomic E-state index is 10.8. The molecule has 0 radical (unpaired) electrons. The first-order valence-electron chi connectivity index (χ1n) is 4.14. The zero-order valence-corrected chi connectivity index (χ0v) is 7.75. The highest BCUT2D eigenvalue weighted by atomic mass is 16.5. The minimum atomic E-state index is -0.499. The number of hydrogen-bond acceptors (Lipinski definition) is 5. The van der Waals surface area contributed by atoms with Gasteiger partial charge in [0.25, 0.3) is 5.91 Å². The van der Waals surface area contributed by atoms with Gasteiger partial charge >= 0.3 is 0 Å². The number of carbonyl (C=O) groups excluding carboxylic acids is 1. The topological polar surface area (TPSA) is 90.8 Å². The van der Waals surface area contributed by atoms with Crippen LogP contribution in [0, 0.1) is 12.0 Å². The molecule has 80 valence electrons. The van der Waals surface area contributed by atoms with Crippen LogP contribution >= 0.6 is 0 Å². The Labute approximate surface area is 82.3 Å². The van der Waals surface area contributed by atoms with Crippen molar-refractivity contribution in [2.45, 2.75) is 0 Å². The van der Waals surface area contributed by atoms with Crippen molar-refractivity contribution < 1.29 is 19.7 Å². The third kappa shape index (κ3) is 8.80. The Hall–Kier alpha value is -1.29. The molecule has 0 saturated heterocycles. The zero-order valence-electron chi connectivity index (χ0n) is 7.75. The second-order valence-electron chi connectivity index (χ2n) is 2.22. The molecule has 0 spiro atoms. The Bertz CT molecular complexity index is 209. The van der Waals surface area contributed by atoms with Crippen LogP contribution in [0.5, 0.6) is 0 Å². The second-order valence-corrected chi connectivity index (χ2v) is 2.22. The number of amides is 1. The molecule has 14 heavy (non-hydrogen) atoms. The summed E-state index contributed by atoms with van der Waals surface area (Å²) in [6.07, 6.45) is 2.17. The summed E-state index contributed by atoms with van der Waals surface area (Å²) in [6, 6.07) is 0. The number of hydrogen-bond donors (Lipinski definition) is 4. The van der Waals surface area contributed by atoms with Gasteiger partial charge in [-0.2, -0.15) is 0 Å². The fraction of sp³-hybridized carbons (Fsp3) is 0.625. The summed E-state index contributed by atoms with van der Waals surface area (Å²) in [5, 5.41) is 21.8. The molecular weight excluding hydrogens is 188 g/mol. The van der Waals surface area contributed by atoms with E-state index in [1.54, 1.807) is 0 Å². The molecule has 4 N–H and O–H groups in total. The van der Waals surface area contributed by atoms with Crippen LogP contribution in [-0.2, 0) is 9.53 Å². The van der Waals surface area contributed by atoms with E-state index in [2.05, 4.69) is 27.4 Å². The molecule has 0 aliphatic rings. The maximum Gasteiger partial charge on any atom is 0.299 e. The van der Waals surface area contributed by atoms with Crippen LogP contribution in [0.3, 0.4) is 0 Å². The minimum Gasteiger partial charge on any atom is -0.430 e. The van der Waals surface area contributed by atoms with Gasteiger partial charge in [0.1, 0.15) is 6.11 Å². The molecule has 0 atom stereocenters. The predicted octanol–water partition coefficient (Wildman–Crippen LogP) is -2.39. The van der Waals surface area contributed by atoms with Gasteiger partial charge in [-0.15, -0.1) is 0 Å². The lowest BCUT2D eigenvalue weighted by molar-refractivity contribution is -0.115. The first-order valence-corrected chi connectivity index (χ1v) is 4.14. The molecule has 6 heteroatoms. The number of nitrogens with one attached hydrogen (secondary N) is 2. The van der Waals surface area contributed by atoms with Crippen molar-refractivity contribution in [3.63, 3.8) is 0 Å². The largest absolute Gasteiger partial charge is 0.430 e. The lowest BCUT2D eigenvalue weighted by Crippen LogP contribution is -2.25. The summed E-state index contributed by atoms with van der Waals surface area (Å²) >= 11 is 0. The SMILES string of the molecule is O=C(C#COCNCCO)NCCO. The molecule has 0 aromatic carbocycles. The fourth-order valence-electron chi connectivity index (χ4n) is 0.534. The molecule has 0 aromatic heterocycles. The smallest absolute Gasteiger partial charge is 0.299 e. The van der Waals surface area contributed by atoms with E-state index in [0.29, 0.717) is 6.54 Å². The monoisotopic (exact) mass is 202 g/mol. The average Bonchev–Trinajstić information content (AvgIpc) is 2.20. The van der Waals surface area contributed by atoms with Crippen molar-refractivity contribution in [1.29, 1.82) is 0 Å². The summed E-state index contributed by atoms with van der Waals surface area (Å²) in [7, 11) is 0. The van der Waals surface area contributed by atoms with Crippen LogP contribution in [0.4, 0.5) is 0 Å². The zero-order chi connectivity index (χ0) is 10.6. The van der Waals surface area contributed by atoms with Crippen LogP contribution in [0.1, 0.15) is 0 Å². The van der Waals surface area contributed by atoms with E-state index < -0.39 is 5.91 Å². The van der Waals surface area contributed by atoms with E-state index in [0.717, 1.165) is 0 Å². The van der Waals surface area contributed by atoms with Gasteiger partial charge in [0.15, 0.2) is 6.73 Å². The molecule has 0 aliphatic carbocycles. The highest BCUT2D eigenvalue weighted by Gasteiger charge is 1.91. The van der Waals surface area contributed by atoms with E-state index in [9.17, 15) is 4.79 Å². The molecule has 0 aromatic rings. The summed E-state index contributed by atoms with van der Waals surface area (Å²) in [5.41, 5.74) is 0. The van der Waals surface area contributed by atoms with Crippen molar-refractivity contribution in [3.8, 4) is 12.0 Å². The number of carbonyl (C=O) groups is 1. The lowest BCUT2D eigenvalue weighted by atomic mass is 10.6. The number of aliphatic hydroxyl groups excluding tert-OH is 2. The molecule has 1 amide bonds. The van der Waals surface area contributed by atoms with Crippen molar-refractivity contribution in [2.24, 2.45) is 0 Å². The molecule has 0 heterocycles. The van der Waals surface area contributed by atoms with Crippen molar-refractivity contribution in [3.05, 3.63) is 0 Å². The van der Waals surface area contributed by atoms with Gasteiger partial charge < -0.3 is 20.3 Å². The molecule has 0 bridgehead atoms. The van der Waals surface area contributed by atoms with Gasteiger partial charge in [-0.25, -0.2) is 0 Å². The molecule has 0 saturated carbocycles. The number of rotatable bonds is 6. The first kappa shape index (κ1) is 12.7. The number of ether oxygens (including phenoxy) is 1. The summed E-state index contributed by atoms with van der Waals surface area (Å²) < 4.78 is 4.68. The average molecular weight is 202 g/mol. The van der Waals surface area contributed by atoms with Crippen LogP contribution in [0.2, 0.25) is 0 Å². The van der Waals surface area contributed by atoms with E-state index >= 15 is 0 Å². The van der Waals surface area contributed by atoms with Gasteiger partial charge in [0.05, 0.1) is 13.2 Å². The van der Waals surface area contributed by atoms with Crippen molar-refractivity contribution >= 4 is 5.91 Å². The number of aliphatic hydroxyl groups is 2. The van der Waals surface area contributed by atoms with Crippen LogP contribution in [0.25, 0.3) is 0 Å². The second kappa shape index (κ2) is 9.80. The molecule has 6 nitrogen and oxygen atoms in total. The molecule has 0 unspecified atom stereocenters. The van der Waals surface area contributed by atoms with Gasteiger partial charge in [0, 0.05) is 19.0 Å². The van der Waals surface area contributed by atoms with Gasteiger partial charge in [-0.05, 0) is 0 Å². The van der Waals surface area contributed by atoms with Gasteiger partial charge in [-0.3, -0.25) is 10.1 Å². The highest BCUT2D eigenvalue weighted by Crippen LogP contribution is 1.67. The van der Waals surface area contributed by atoms with E-state index in [-0.39, 0.29) is 26.5 Å². The standard InChI is InChI=1S/C8H14N2O4/c11-4-2-9-7-14-6-1-8(13)10-3-5-12/h9,11-12H,2-5,7H2,(H,10,13). The summed E-state index contributed by atoms with van der Waals surface area (Å²) in [5.74, 6) is 1.66. The summed E-state index contributed by atoms with van der Waals surface area (Å²) in [6.45, 7) is 0.648. The Morgan fingerprint density at radius 3 is 2.64 bits per heavy atom. The van der Waals surface area contributed by atoms with E-state index in [4.69, 9.17) is 10.2 Å². The minimum absolute atomic E-state index is 0.0216. The lowest BCUT2D eigenvalue weighted by Gasteiger charge is -1.98. The van der Waals surface area contributed by atoms with Crippen molar-refractivity contribution in [1.82, 2.24) is 10.6 Å². The highest BCUT2D eigenvalue weighted by molar-refractivity contribution is 5.93. The molecule has 0 fully saturated rings. The fourth-order valence-corrected chi connectivity index (χ4v) is 0.534. The van der Waals surface area contributed by atoms with Crippen LogP contribution in [-0.4, -0.2) is 49.2 Å². The first-order chi connectivity index (χ1) is 6.81. The predicted molar refractivity (Wildman–Crippen MR) is 48.9 cm³/mol. The van der Waals surface area contributed by atoms with Gasteiger partial charge in [-0.1, -0.05) is 0 Å². The van der Waals surface area contributed by atoms with Crippen LogP contribution in [0.15, 0.2) is 0 Å². The van der Waals surface area contributed by atoms with E-state index in [1.807, 2.05) is 0 Å². The molecule has 0 rings (SSSR count). The Morgan fingerprint density at radius 2 is 2.00 bits per heavy atom. The molecular formula is C8H14N2O4. The Morgan fingerprint density at radius 1 is 1.29 bits per heavy atom. The Balaban J connectivity index is 3.36. The third-order valence-electron chi connectivity index (χ3n) is 1.10. The van der Waals surface area contributed by atoms with Crippen molar-refractivity contribution in [2.75, 3.05) is 33.0 Å². The van der Waals surface area contributed by atoms with Gasteiger partial charge in [0.2, 0.25) is 0 Å². The maximum absolute atomic E-state index is 10.8. The molecule has 0 aliphatic heterocycles. The Kier molecular flexibility index (Phi) is 8.89. The van der Waals surface area contributed by atoms with E-state index in [1.165, 1.54) is 0 Å².